The Morgan fingerprint density at radius 3 is 3.17 bits per heavy atom. The van der Waals surface area contributed by atoms with E-state index in [4.69, 9.17) is 4.52 Å². The van der Waals surface area contributed by atoms with Crippen molar-refractivity contribution in [1.82, 2.24) is 24.4 Å². The molecule has 0 aromatic carbocycles. The van der Waals surface area contributed by atoms with Crippen LogP contribution in [0, 0.1) is 0 Å². The summed E-state index contributed by atoms with van der Waals surface area (Å²) in [6.07, 6.45) is 4.58. The van der Waals surface area contributed by atoms with Gasteiger partial charge in [-0.15, -0.1) is 11.3 Å². The maximum atomic E-state index is 12.1. The lowest BCUT2D eigenvalue weighted by atomic mass is 10.2. The number of aromatic nitrogens is 4. The number of hydrogen-bond donors (Lipinski definition) is 0. The summed E-state index contributed by atoms with van der Waals surface area (Å²) in [6, 6.07) is 1.76. The van der Waals surface area contributed by atoms with Gasteiger partial charge in [-0.3, -0.25) is 14.1 Å². The molecule has 0 saturated carbocycles. The summed E-state index contributed by atoms with van der Waals surface area (Å²) in [5.74, 6) is 1.41. The molecule has 120 valence electrons. The quantitative estimate of drug-likeness (QED) is 0.728. The van der Waals surface area contributed by atoms with E-state index in [0.29, 0.717) is 12.4 Å². The molecule has 1 aliphatic heterocycles. The van der Waals surface area contributed by atoms with E-state index < -0.39 is 0 Å². The van der Waals surface area contributed by atoms with Gasteiger partial charge in [0, 0.05) is 30.6 Å². The number of hydrogen-bond acceptors (Lipinski definition) is 7. The summed E-state index contributed by atoms with van der Waals surface area (Å²) in [5, 5.41) is 5.98. The summed E-state index contributed by atoms with van der Waals surface area (Å²) >= 11 is 1.47. The molecule has 4 rings (SSSR count). The van der Waals surface area contributed by atoms with Gasteiger partial charge in [0.2, 0.25) is 5.89 Å². The van der Waals surface area contributed by atoms with Gasteiger partial charge in [-0.05, 0) is 19.4 Å². The van der Waals surface area contributed by atoms with E-state index in [1.54, 1.807) is 16.7 Å². The van der Waals surface area contributed by atoms with Crippen LogP contribution >= 0.6 is 11.3 Å². The predicted molar refractivity (Wildman–Crippen MR) is 85.4 cm³/mol. The van der Waals surface area contributed by atoms with E-state index in [0.717, 1.165) is 42.3 Å². The average molecular weight is 331 g/mol. The van der Waals surface area contributed by atoms with Crippen LogP contribution in [0.3, 0.4) is 0 Å². The molecule has 1 saturated heterocycles. The summed E-state index contributed by atoms with van der Waals surface area (Å²) in [7, 11) is 0. The first-order valence-electron chi connectivity index (χ1n) is 7.77. The Morgan fingerprint density at radius 1 is 1.43 bits per heavy atom. The number of thiazole rings is 1. The van der Waals surface area contributed by atoms with Gasteiger partial charge in [-0.2, -0.15) is 4.98 Å². The van der Waals surface area contributed by atoms with Gasteiger partial charge < -0.3 is 4.52 Å². The minimum absolute atomic E-state index is 0.0326. The molecule has 1 aliphatic rings. The van der Waals surface area contributed by atoms with Crippen molar-refractivity contribution in [3.05, 3.63) is 45.4 Å². The maximum absolute atomic E-state index is 12.1. The zero-order chi connectivity index (χ0) is 15.8. The Morgan fingerprint density at radius 2 is 2.35 bits per heavy atom. The number of fused-ring (bicyclic) bond motifs is 1. The zero-order valence-electron chi connectivity index (χ0n) is 12.8. The Hall–Kier alpha value is -2.06. The van der Waals surface area contributed by atoms with Crippen LogP contribution < -0.4 is 5.56 Å². The highest BCUT2D eigenvalue weighted by Crippen LogP contribution is 2.31. The van der Waals surface area contributed by atoms with E-state index in [1.165, 1.54) is 11.3 Å². The fourth-order valence-corrected chi connectivity index (χ4v) is 3.77. The van der Waals surface area contributed by atoms with Gasteiger partial charge in [-0.1, -0.05) is 12.1 Å². The molecule has 0 aliphatic carbocycles. The molecule has 1 atom stereocenters. The van der Waals surface area contributed by atoms with Crippen molar-refractivity contribution in [3.8, 4) is 0 Å². The van der Waals surface area contributed by atoms with Crippen molar-refractivity contribution in [2.75, 3.05) is 6.54 Å². The Kier molecular flexibility index (Phi) is 3.70. The summed E-state index contributed by atoms with van der Waals surface area (Å²) in [6.45, 7) is 3.58. The van der Waals surface area contributed by atoms with E-state index in [2.05, 4.69) is 20.0 Å². The van der Waals surface area contributed by atoms with Crippen LogP contribution in [0.5, 0.6) is 0 Å². The molecule has 0 amide bonds. The number of aryl methyl sites for hydroxylation is 1. The molecular formula is C15H17N5O2S. The van der Waals surface area contributed by atoms with Gasteiger partial charge in [0.15, 0.2) is 10.8 Å². The molecule has 0 bridgehead atoms. The predicted octanol–water partition coefficient (Wildman–Crippen LogP) is 2.04. The lowest BCUT2D eigenvalue weighted by molar-refractivity contribution is 0.231. The number of likely N-dealkylation sites (tertiary alicyclic amines) is 1. The lowest BCUT2D eigenvalue weighted by Crippen LogP contribution is -2.25. The highest BCUT2D eigenvalue weighted by atomic mass is 32.1. The molecule has 1 fully saturated rings. The molecule has 0 spiro atoms. The van der Waals surface area contributed by atoms with Crippen LogP contribution in [0.4, 0.5) is 0 Å². The normalized spacial score (nSPS) is 18.9. The van der Waals surface area contributed by atoms with E-state index in [9.17, 15) is 4.79 Å². The first-order chi connectivity index (χ1) is 11.2. The summed E-state index contributed by atoms with van der Waals surface area (Å²) in [5.41, 5.74) is 0.762. The number of nitrogens with zero attached hydrogens (tertiary/aromatic N) is 5. The molecule has 3 aromatic rings. The van der Waals surface area contributed by atoms with Crippen LogP contribution in [0.2, 0.25) is 0 Å². The topological polar surface area (TPSA) is 76.5 Å². The van der Waals surface area contributed by atoms with E-state index in [1.807, 2.05) is 12.3 Å². The smallest absolute Gasteiger partial charge is 0.258 e. The second-order valence-electron chi connectivity index (χ2n) is 5.67. The lowest BCUT2D eigenvalue weighted by Gasteiger charge is -2.21. The van der Waals surface area contributed by atoms with Crippen molar-refractivity contribution >= 4 is 16.3 Å². The Labute approximate surface area is 136 Å². The fourth-order valence-electron chi connectivity index (χ4n) is 3.03. The van der Waals surface area contributed by atoms with Crippen molar-refractivity contribution in [2.24, 2.45) is 0 Å². The first kappa shape index (κ1) is 14.5. The second-order valence-corrected chi connectivity index (χ2v) is 6.54. The van der Waals surface area contributed by atoms with Crippen LogP contribution in [0.15, 0.2) is 27.0 Å². The first-order valence-corrected chi connectivity index (χ1v) is 8.65. The molecule has 7 nitrogen and oxygen atoms in total. The van der Waals surface area contributed by atoms with Crippen molar-refractivity contribution in [2.45, 2.75) is 38.8 Å². The van der Waals surface area contributed by atoms with Gasteiger partial charge in [0.05, 0.1) is 11.7 Å². The maximum Gasteiger partial charge on any atom is 0.258 e. The second kappa shape index (κ2) is 5.86. The molecule has 0 unspecified atom stereocenters. The Balaban J connectivity index is 1.59. The Bertz CT molecular complexity index is 883. The minimum atomic E-state index is -0.0326. The summed E-state index contributed by atoms with van der Waals surface area (Å²) in [4.78, 5) is 24.1. The van der Waals surface area contributed by atoms with Gasteiger partial charge in [-0.25, -0.2) is 4.98 Å². The highest BCUT2D eigenvalue weighted by molar-refractivity contribution is 7.15. The van der Waals surface area contributed by atoms with Crippen LogP contribution in [0.25, 0.3) is 4.96 Å². The third kappa shape index (κ3) is 2.68. The standard InChI is InChI=1S/C15H17N5O2S/c1-2-12-17-14(18-22-12)11-4-3-5-19(11)9-10-8-13(21)20-6-7-23-15(20)16-10/h6-8,11H,2-5,9H2,1H3/t11-/m1/s1. The molecular weight excluding hydrogens is 314 g/mol. The van der Waals surface area contributed by atoms with Crippen molar-refractivity contribution in [1.29, 1.82) is 0 Å². The van der Waals surface area contributed by atoms with Crippen molar-refractivity contribution < 1.29 is 4.52 Å². The van der Waals surface area contributed by atoms with Gasteiger partial charge in [0.1, 0.15) is 0 Å². The number of rotatable bonds is 4. The fraction of sp³-hybridized carbons (Fsp3) is 0.467. The third-order valence-corrected chi connectivity index (χ3v) is 4.93. The molecule has 0 radical (unpaired) electrons. The molecule has 23 heavy (non-hydrogen) atoms. The molecule has 0 N–H and O–H groups in total. The van der Waals surface area contributed by atoms with Gasteiger partial charge in [0.25, 0.3) is 5.56 Å². The van der Waals surface area contributed by atoms with Crippen molar-refractivity contribution in [3.63, 3.8) is 0 Å². The van der Waals surface area contributed by atoms with Gasteiger partial charge >= 0.3 is 0 Å². The average Bonchev–Trinajstić information content (AvgIpc) is 3.26. The van der Waals surface area contributed by atoms with Crippen LogP contribution in [-0.4, -0.2) is 31.0 Å². The molecule has 3 aromatic heterocycles. The zero-order valence-corrected chi connectivity index (χ0v) is 13.6. The van der Waals surface area contributed by atoms with Crippen LogP contribution in [-0.2, 0) is 13.0 Å². The SMILES string of the molecule is CCc1nc([C@H]2CCCN2Cc2cc(=O)n3ccsc3n2)no1. The highest BCUT2D eigenvalue weighted by Gasteiger charge is 2.30. The largest absolute Gasteiger partial charge is 0.339 e. The van der Waals surface area contributed by atoms with E-state index >= 15 is 0 Å². The monoisotopic (exact) mass is 331 g/mol. The summed E-state index contributed by atoms with van der Waals surface area (Å²) < 4.78 is 6.81. The third-order valence-electron chi connectivity index (χ3n) is 4.17. The molecule has 8 heteroatoms. The minimum Gasteiger partial charge on any atom is -0.339 e. The van der Waals surface area contributed by atoms with Crippen LogP contribution in [0.1, 0.15) is 43.2 Å². The van der Waals surface area contributed by atoms with E-state index in [-0.39, 0.29) is 11.6 Å². The molecule has 4 heterocycles.